The van der Waals surface area contributed by atoms with E-state index in [1.54, 1.807) is 7.11 Å². The van der Waals surface area contributed by atoms with Crippen LogP contribution in [0.2, 0.25) is 0 Å². The first-order chi connectivity index (χ1) is 13.7. The highest BCUT2D eigenvalue weighted by molar-refractivity contribution is 6.00. The average Bonchev–Trinajstić information content (AvgIpc) is 3.24. The minimum atomic E-state index is -0.509. The summed E-state index contributed by atoms with van der Waals surface area (Å²) in [4.78, 5) is 26.6. The molecule has 1 aromatic heterocycles. The molecular weight excluding hydrogens is 356 g/mol. The van der Waals surface area contributed by atoms with E-state index < -0.39 is 5.92 Å². The number of methoxy groups -OCH3 is 1. The maximum absolute atomic E-state index is 12.7. The summed E-state index contributed by atoms with van der Waals surface area (Å²) in [7, 11) is 1.66. The Kier molecular flexibility index (Phi) is 5.32. The van der Waals surface area contributed by atoms with Gasteiger partial charge in [0.25, 0.3) is 0 Å². The monoisotopic (exact) mass is 382 g/mol. The second-order valence-corrected chi connectivity index (χ2v) is 7.51. The van der Waals surface area contributed by atoms with Gasteiger partial charge in [-0.05, 0) is 43.4 Å². The van der Waals surface area contributed by atoms with Crippen molar-refractivity contribution in [3.63, 3.8) is 0 Å². The first kappa shape index (κ1) is 18.5. The topological polar surface area (TPSA) is 87.3 Å². The summed E-state index contributed by atoms with van der Waals surface area (Å²) < 4.78 is 5.34. The van der Waals surface area contributed by atoms with E-state index in [4.69, 9.17) is 4.74 Å². The third-order valence-electron chi connectivity index (χ3n) is 5.85. The summed E-state index contributed by atoms with van der Waals surface area (Å²) >= 11 is 0. The average molecular weight is 382 g/mol. The molecule has 28 heavy (non-hydrogen) atoms. The lowest BCUT2D eigenvalue weighted by molar-refractivity contribution is -0.144. The van der Waals surface area contributed by atoms with Crippen LogP contribution in [0.5, 0.6) is 5.75 Å². The number of carbonyl (C=O) groups is 2. The fourth-order valence-electron chi connectivity index (χ4n) is 4.24. The Labute approximate surface area is 164 Å². The van der Waals surface area contributed by atoms with Crippen LogP contribution >= 0.6 is 0 Å². The predicted octanol–water partition coefficient (Wildman–Crippen LogP) is 2.32. The third-order valence-corrected chi connectivity index (χ3v) is 5.85. The van der Waals surface area contributed by atoms with Crippen molar-refractivity contribution in [2.75, 3.05) is 26.7 Å². The Morgan fingerprint density at radius 2 is 2.07 bits per heavy atom. The summed E-state index contributed by atoms with van der Waals surface area (Å²) in [6.07, 6.45) is 5.11. The molecule has 7 heteroatoms. The summed E-state index contributed by atoms with van der Waals surface area (Å²) in [5, 5.41) is 10.2. The number of piperidine rings is 2. The van der Waals surface area contributed by atoms with E-state index in [0.717, 1.165) is 41.8 Å². The summed E-state index contributed by atoms with van der Waals surface area (Å²) in [5.74, 6) is 0.481. The molecule has 1 atom stereocenters. The zero-order valence-corrected chi connectivity index (χ0v) is 16.1. The molecule has 0 spiro atoms. The van der Waals surface area contributed by atoms with Gasteiger partial charge in [-0.1, -0.05) is 12.1 Å². The molecular formula is C21H26N4O3. The second-order valence-electron chi connectivity index (χ2n) is 7.51. The lowest BCUT2D eigenvalue weighted by atomic mass is 9.88. The third kappa shape index (κ3) is 3.61. The molecule has 0 unspecified atom stereocenters. The van der Waals surface area contributed by atoms with E-state index in [1.807, 2.05) is 29.3 Å². The minimum Gasteiger partial charge on any atom is -0.497 e. The van der Waals surface area contributed by atoms with Crippen molar-refractivity contribution in [1.82, 2.24) is 20.4 Å². The molecule has 4 rings (SSSR count). The van der Waals surface area contributed by atoms with Gasteiger partial charge < -0.3 is 15.0 Å². The van der Waals surface area contributed by atoms with E-state index in [2.05, 4.69) is 21.6 Å². The number of benzene rings is 1. The van der Waals surface area contributed by atoms with Gasteiger partial charge in [-0.15, -0.1) is 0 Å². The zero-order chi connectivity index (χ0) is 19.5. The number of aromatic nitrogens is 2. The fraction of sp³-hybridized carbons (Fsp3) is 0.476. The quantitative estimate of drug-likeness (QED) is 0.795. The molecule has 2 fully saturated rings. The van der Waals surface area contributed by atoms with E-state index in [0.29, 0.717) is 32.0 Å². The number of rotatable bonds is 4. The highest BCUT2D eigenvalue weighted by atomic mass is 16.5. The number of nitrogens with zero attached hydrogens (tertiary/aromatic N) is 2. The van der Waals surface area contributed by atoms with Gasteiger partial charge in [0.2, 0.25) is 11.8 Å². The predicted molar refractivity (Wildman–Crippen MR) is 105 cm³/mol. The van der Waals surface area contributed by atoms with Crippen LogP contribution in [0.4, 0.5) is 0 Å². The molecule has 1 aromatic carbocycles. The Morgan fingerprint density at radius 1 is 1.25 bits per heavy atom. The first-order valence-electron chi connectivity index (χ1n) is 9.91. The number of H-pyrrole nitrogens is 1. The van der Waals surface area contributed by atoms with Crippen LogP contribution in [-0.2, 0) is 9.59 Å². The Morgan fingerprint density at radius 3 is 2.82 bits per heavy atom. The van der Waals surface area contributed by atoms with Crippen molar-refractivity contribution in [3.05, 3.63) is 36.2 Å². The van der Waals surface area contributed by atoms with Gasteiger partial charge in [-0.2, -0.15) is 5.10 Å². The van der Waals surface area contributed by atoms with Gasteiger partial charge in [-0.3, -0.25) is 14.7 Å². The van der Waals surface area contributed by atoms with Crippen LogP contribution in [0.15, 0.2) is 30.5 Å². The van der Waals surface area contributed by atoms with Crippen molar-refractivity contribution < 1.29 is 14.3 Å². The molecule has 2 N–H and O–H groups in total. The van der Waals surface area contributed by atoms with Crippen LogP contribution in [0, 0.1) is 5.92 Å². The molecule has 0 bridgehead atoms. The fourth-order valence-corrected chi connectivity index (χ4v) is 4.24. The van der Waals surface area contributed by atoms with E-state index in [9.17, 15) is 9.59 Å². The maximum atomic E-state index is 12.7. The molecule has 2 aromatic rings. The van der Waals surface area contributed by atoms with E-state index in [1.165, 1.54) is 0 Å². The molecule has 0 aliphatic carbocycles. The first-order valence-corrected chi connectivity index (χ1v) is 9.91. The summed E-state index contributed by atoms with van der Waals surface area (Å²) in [6.45, 7) is 2.02. The normalized spacial score (nSPS) is 20.7. The van der Waals surface area contributed by atoms with Gasteiger partial charge in [0.05, 0.1) is 13.3 Å². The molecule has 2 amide bonds. The van der Waals surface area contributed by atoms with Crippen LogP contribution in [0.1, 0.15) is 37.3 Å². The molecule has 0 saturated carbocycles. The van der Waals surface area contributed by atoms with Crippen molar-refractivity contribution >= 4 is 11.8 Å². The van der Waals surface area contributed by atoms with Crippen LogP contribution in [0.25, 0.3) is 11.1 Å². The highest BCUT2D eigenvalue weighted by Gasteiger charge is 2.35. The molecule has 2 aliphatic rings. The number of carbonyl (C=O) groups excluding carboxylic acids is 2. The smallest absolute Gasteiger partial charge is 0.235 e. The summed E-state index contributed by atoms with van der Waals surface area (Å²) in [6, 6.07) is 7.96. The number of hydrogen-bond donors (Lipinski definition) is 2. The van der Waals surface area contributed by atoms with E-state index in [-0.39, 0.29) is 11.8 Å². The van der Waals surface area contributed by atoms with Crippen LogP contribution < -0.4 is 10.1 Å². The molecule has 148 valence electrons. The van der Waals surface area contributed by atoms with Crippen molar-refractivity contribution in [2.24, 2.45) is 5.92 Å². The largest absolute Gasteiger partial charge is 0.497 e. The van der Waals surface area contributed by atoms with Gasteiger partial charge in [0.15, 0.2) is 0 Å². The number of nitrogens with one attached hydrogen (secondary N) is 2. The zero-order valence-electron chi connectivity index (χ0n) is 16.1. The van der Waals surface area contributed by atoms with E-state index >= 15 is 0 Å². The number of likely N-dealkylation sites (tertiary alicyclic amines) is 1. The van der Waals surface area contributed by atoms with Gasteiger partial charge >= 0.3 is 0 Å². The van der Waals surface area contributed by atoms with Crippen molar-refractivity contribution in [2.45, 2.75) is 31.6 Å². The van der Waals surface area contributed by atoms with Crippen LogP contribution in [-0.4, -0.2) is 53.7 Å². The van der Waals surface area contributed by atoms with Gasteiger partial charge in [0, 0.05) is 36.8 Å². The van der Waals surface area contributed by atoms with Crippen molar-refractivity contribution in [3.8, 4) is 16.9 Å². The molecule has 3 heterocycles. The maximum Gasteiger partial charge on any atom is 0.235 e. The molecule has 7 nitrogen and oxygen atoms in total. The SMILES string of the molecule is COc1cccc(-c2cn[nH]c2C2CCN(C(=O)[C@H]3CCCNC3=O)CC2)c1. The Balaban J connectivity index is 1.44. The lowest BCUT2D eigenvalue weighted by Gasteiger charge is -2.34. The molecule has 2 saturated heterocycles. The lowest BCUT2D eigenvalue weighted by Crippen LogP contribution is -2.48. The van der Waals surface area contributed by atoms with Crippen LogP contribution in [0.3, 0.4) is 0 Å². The number of ether oxygens (including phenoxy) is 1. The highest BCUT2D eigenvalue weighted by Crippen LogP contribution is 2.35. The van der Waals surface area contributed by atoms with Gasteiger partial charge in [-0.25, -0.2) is 0 Å². The Bertz CT molecular complexity index is 855. The van der Waals surface area contributed by atoms with Gasteiger partial charge in [0.1, 0.15) is 11.7 Å². The number of amides is 2. The summed E-state index contributed by atoms with van der Waals surface area (Å²) in [5.41, 5.74) is 3.26. The second kappa shape index (κ2) is 8.04. The minimum absolute atomic E-state index is 0.0201. The Hall–Kier alpha value is -2.83. The molecule has 2 aliphatic heterocycles. The number of aromatic amines is 1. The van der Waals surface area contributed by atoms with Crippen molar-refractivity contribution in [1.29, 1.82) is 0 Å². The molecule has 0 radical (unpaired) electrons. The number of hydrogen-bond acceptors (Lipinski definition) is 4. The standard InChI is InChI=1S/C21H26N4O3/c1-28-16-5-2-4-15(12-16)18-13-23-24-19(18)14-7-10-25(11-8-14)21(27)17-6-3-9-22-20(17)26/h2,4-5,12-14,17H,3,6-11H2,1H3,(H,22,26)(H,23,24)/t17-/m0/s1.